The lowest BCUT2D eigenvalue weighted by molar-refractivity contribution is 0.103. The highest BCUT2D eigenvalue weighted by Gasteiger charge is 2.25. The molecule has 6 heteroatoms. The number of carbonyl (C=O) groups is 1. The topological polar surface area (TPSA) is 96.2 Å². The SMILES string of the molecule is Cc1ccc(C(=O)c2c(C)c(C#N)c(=O)n(Cc3ccco3)c2O)cc1. The first kappa shape index (κ1) is 17.2. The van der Waals surface area contributed by atoms with Gasteiger partial charge in [-0.25, -0.2) is 0 Å². The molecule has 130 valence electrons. The van der Waals surface area contributed by atoms with Crippen LogP contribution in [0.2, 0.25) is 0 Å². The molecule has 1 aromatic carbocycles. The Labute approximate surface area is 149 Å². The molecule has 2 heterocycles. The zero-order valence-corrected chi connectivity index (χ0v) is 14.3. The van der Waals surface area contributed by atoms with Crippen molar-refractivity contribution in [3.63, 3.8) is 0 Å². The van der Waals surface area contributed by atoms with Gasteiger partial charge in [0.1, 0.15) is 17.4 Å². The molecular formula is C20H16N2O4. The summed E-state index contributed by atoms with van der Waals surface area (Å²) in [6, 6.07) is 12.0. The van der Waals surface area contributed by atoms with Crippen LogP contribution in [0.4, 0.5) is 0 Å². The minimum absolute atomic E-state index is 0.0587. The lowest BCUT2D eigenvalue weighted by Gasteiger charge is -2.15. The van der Waals surface area contributed by atoms with E-state index < -0.39 is 17.2 Å². The zero-order valence-electron chi connectivity index (χ0n) is 14.3. The van der Waals surface area contributed by atoms with Crippen LogP contribution >= 0.6 is 0 Å². The Morgan fingerprint density at radius 2 is 1.92 bits per heavy atom. The maximum absolute atomic E-state index is 12.9. The fourth-order valence-electron chi connectivity index (χ4n) is 2.78. The second kappa shape index (κ2) is 6.73. The summed E-state index contributed by atoms with van der Waals surface area (Å²) in [6.45, 7) is 3.30. The molecule has 0 aliphatic carbocycles. The number of furan rings is 1. The minimum atomic E-state index is -0.667. The van der Waals surface area contributed by atoms with Crippen molar-refractivity contribution in [2.45, 2.75) is 20.4 Å². The Bertz CT molecular complexity index is 1070. The molecular weight excluding hydrogens is 332 g/mol. The molecule has 26 heavy (non-hydrogen) atoms. The minimum Gasteiger partial charge on any atom is -0.494 e. The van der Waals surface area contributed by atoms with Crippen LogP contribution in [-0.4, -0.2) is 15.5 Å². The summed E-state index contributed by atoms with van der Waals surface area (Å²) < 4.78 is 6.19. The molecule has 0 aliphatic heterocycles. The van der Waals surface area contributed by atoms with E-state index >= 15 is 0 Å². The molecule has 3 rings (SSSR count). The second-order valence-corrected chi connectivity index (χ2v) is 5.98. The molecule has 0 bridgehead atoms. The van der Waals surface area contributed by atoms with E-state index in [0.717, 1.165) is 10.1 Å². The van der Waals surface area contributed by atoms with E-state index in [2.05, 4.69) is 0 Å². The van der Waals surface area contributed by atoms with Gasteiger partial charge in [-0.1, -0.05) is 29.8 Å². The van der Waals surface area contributed by atoms with Gasteiger partial charge in [0.15, 0.2) is 5.78 Å². The van der Waals surface area contributed by atoms with Crippen molar-refractivity contribution in [1.82, 2.24) is 4.57 Å². The first-order valence-electron chi connectivity index (χ1n) is 7.94. The molecule has 0 unspecified atom stereocenters. The number of benzene rings is 1. The molecule has 2 aromatic heterocycles. The van der Waals surface area contributed by atoms with Crippen LogP contribution in [0.1, 0.15) is 38.4 Å². The highest BCUT2D eigenvalue weighted by Crippen LogP contribution is 2.25. The van der Waals surface area contributed by atoms with Crippen LogP contribution in [0.3, 0.4) is 0 Å². The largest absolute Gasteiger partial charge is 0.494 e. The van der Waals surface area contributed by atoms with Gasteiger partial charge < -0.3 is 9.52 Å². The highest BCUT2D eigenvalue weighted by molar-refractivity contribution is 6.11. The van der Waals surface area contributed by atoms with Gasteiger partial charge in [0.2, 0.25) is 5.88 Å². The molecule has 3 aromatic rings. The highest BCUT2D eigenvalue weighted by atomic mass is 16.3. The third-order valence-electron chi connectivity index (χ3n) is 4.23. The number of aryl methyl sites for hydroxylation is 1. The van der Waals surface area contributed by atoms with Gasteiger partial charge in [0.05, 0.1) is 18.4 Å². The number of hydrogen-bond acceptors (Lipinski definition) is 5. The van der Waals surface area contributed by atoms with Gasteiger partial charge in [-0.05, 0) is 31.5 Å². The summed E-state index contributed by atoms with van der Waals surface area (Å²) in [5.74, 6) is -0.512. The van der Waals surface area contributed by atoms with Gasteiger partial charge in [0, 0.05) is 5.56 Å². The van der Waals surface area contributed by atoms with E-state index in [1.807, 2.05) is 13.0 Å². The fourth-order valence-corrected chi connectivity index (χ4v) is 2.78. The Kier molecular flexibility index (Phi) is 4.46. The van der Waals surface area contributed by atoms with Gasteiger partial charge in [-0.15, -0.1) is 0 Å². The lowest BCUT2D eigenvalue weighted by Crippen LogP contribution is -2.27. The number of ketones is 1. The van der Waals surface area contributed by atoms with E-state index in [4.69, 9.17) is 4.42 Å². The van der Waals surface area contributed by atoms with E-state index in [1.165, 1.54) is 13.2 Å². The van der Waals surface area contributed by atoms with Gasteiger partial charge in [-0.3, -0.25) is 14.2 Å². The molecule has 1 N–H and O–H groups in total. The van der Waals surface area contributed by atoms with Crippen molar-refractivity contribution in [3.05, 3.63) is 86.6 Å². The predicted octanol–water partition coefficient (Wildman–Crippen LogP) is 2.91. The second-order valence-electron chi connectivity index (χ2n) is 5.98. The zero-order chi connectivity index (χ0) is 18.8. The van der Waals surface area contributed by atoms with E-state index in [-0.39, 0.29) is 23.2 Å². The number of nitrogens with zero attached hydrogens (tertiary/aromatic N) is 2. The summed E-state index contributed by atoms with van der Waals surface area (Å²) in [5, 5.41) is 20.0. The first-order chi connectivity index (χ1) is 12.4. The molecule has 0 radical (unpaired) electrons. The normalized spacial score (nSPS) is 10.5. The standard InChI is InChI=1S/C20H16N2O4/c1-12-5-7-14(8-6-12)18(23)17-13(2)16(10-21)19(24)22(20(17)25)11-15-4-3-9-26-15/h3-9,25H,11H2,1-2H3. The van der Waals surface area contributed by atoms with Crippen molar-refractivity contribution in [1.29, 1.82) is 5.26 Å². The van der Waals surface area contributed by atoms with Crippen molar-refractivity contribution in [2.75, 3.05) is 0 Å². The fraction of sp³-hybridized carbons (Fsp3) is 0.150. The van der Waals surface area contributed by atoms with Crippen molar-refractivity contribution >= 4 is 5.78 Å². The third kappa shape index (κ3) is 2.91. The average Bonchev–Trinajstić information content (AvgIpc) is 3.13. The maximum Gasteiger partial charge on any atom is 0.271 e. The predicted molar refractivity (Wildman–Crippen MR) is 94.2 cm³/mol. The summed E-state index contributed by atoms with van der Waals surface area (Å²) in [5.41, 5.74) is 0.612. The monoisotopic (exact) mass is 348 g/mol. The lowest BCUT2D eigenvalue weighted by atomic mass is 9.96. The number of aromatic nitrogens is 1. The third-order valence-corrected chi connectivity index (χ3v) is 4.23. The number of rotatable bonds is 4. The number of pyridine rings is 1. The van der Waals surface area contributed by atoms with Gasteiger partial charge >= 0.3 is 0 Å². The van der Waals surface area contributed by atoms with E-state index in [9.17, 15) is 20.0 Å². The Morgan fingerprint density at radius 3 is 2.50 bits per heavy atom. The van der Waals surface area contributed by atoms with Crippen molar-refractivity contribution in [3.8, 4) is 11.9 Å². The maximum atomic E-state index is 12.9. The van der Waals surface area contributed by atoms with Crippen LogP contribution < -0.4 is 5.56 Å². The summed E-state index contributed by atoms with van der Waals surface area (Å²) >= 11 is 0. The number of carbonyl (C=O) groups excluding carboxylic acids is 1. The van der Waals surface area contributed by atoms with Crippen LogP contribution in [-0.2, 0) is 6.54 Å². The molecule has 0 saturated heterocycles. The summed E-state index contributed by atoms with van der Waals surface area (Å²) in [6.07, 6.45) is 1.44. The smallest absolute Gasteiger partial charge is 0.271 e. The Morgan fingerprint density at radius 1 is 1.23 bits per heavy atom. The van der Waals surface area contributed by atoms with Gasteiger partial charge in [-0.2, -0.15) is 5.26 Å². The van der Waals surface area contributed by atoms with E-state index in [1.54, 1.807) is 36.4 Å². The Hall–Kier alpha value is -3.59. The Balaban J connectivity index is 2.21. The van der Waals surface area contributed by atoms with Crippen molar-refractivity contribution < 1.29 is 14.3 Å². The molecule has 6 nitrogen and oxygen atoms in total. The number of aromatic hydroxyl groups is 1. The molecule has 0 saturated carbocycles. The van der Waals surface area contributed by atoms with Crippen molar-refractivity contribution in [2.24, 2.45) is 0 Å². The van der Waals surface area contributed by atoms with Crippen LogP contribution in [0.15, 0.2) is 51.9 Å². The number of nitriles is 1. The molecule has 0 amide bonds. The van der Waals surface area contributed by atoms with Crippen LogP contribution in [0.5, 0.6) is 5.88 Å². The molecule has 0 aliphatic rings. The summed E-state index contributed by atoms with van der Waals surface area (Å²) in [4.78, 5) is 25.5. The molecule has 0 fully saturated rings. The summed E-state index contributed by atoms with van der Waals surface area (Å²) in [7, 11) is 0. The first-order valence-corrected chi connectivity index (χ1v) is 7.94. The number of hydrogen-bond donors (Lipinski definition) is 1. The quantitative estimate of drug-likeness (QED) is 0.731. The van der Waals surface area contributed by atoms with Gasteiger partial charge in [0.25, 0.3) is 5.56 Å². The molecule has 0 atom stereocenters. The average molecular weight is 348 g/mol. The van der Waals surface area contributed by atoms with Crippen LogP contribution in [0, 0.1) is 25.2 Å². The van der Waals surface area contributed by atoms with E-state index in [0.29, 0.717) is 11.3 Å². The molecule has 0 spiro atoms. The van der Waals surface area contributed by atoms with Crippen LogP contribution in [0.25, 0.3) is 0 Å².